The minimum absolute atomic E-state index is 0.00313. The van der Waals surface area contributed by atoms with Gasteiger partial charge < -0.3 is 9.64 Å². The molecule has 6 nitrogen and oxygen atoms in total. The molecule has 1 aliphatic heterocycles. The van der Waals surface area contributed by atoms with Gasteiger partial charge in [-0.2, -0.15) is 0 Å². The summed E-state index contributed by atoms with van der Waals surface area (Å²) in [5.74, 6) is -0.762. The number of carbonyl (C=O) groups is 1. The van der Waals surface area contributed by atoms with Gasteiger partial charge in [0.2, 0.25) is 15.9 Å². The zero-order chi connectivity index (χ0) is 15.9. The molecule has 0 aromatic heterocycles. The molecule has 7 heteroatoms. The predicted octanol–water partition coefficient (Wildman–Crippen LogP) is 0.979. The first-order valence-corrected chi connectivity index (χ1v) is 9.37. The molecule has 0 aromatic rings. The van der Waals surface area contributed by atoms with Crippen molar-refractivity contribution in [3.8, 4) is 0 Å². The van der Waals surface area contributed by atoms with Crippen LogP contribution in [0.1, 0.15) is 40.0 Å². The van der Waals surface area contributed by atoms with E-state index in [0.29, 0.717) is 12.5 Å². The number of nitrogens with zero attached hydrogens (tertiary/aromatic N) is 1. The van der Waals surface area contributed by atoms with E-state index in [1.807, 2.05) is 6.92 Å². The van der Waals surface area contributed by atoms with Gasteiger partial charge in [0.05, 0.1) is 11.9 Å². The Bertz CT molecular complexity index is 415. The van der Waals surface area contributed by atoms with Crippen LogP contribution in [0.15, 0.2) is 0 Å². The maximum absolute atomic E-state index is 11.8. The number of hydrogen-bond donors (Lipinski definition) is 1. The summed E-state index contributed by atoms with van der Waals surface area (Å²) in [6, 6.07) is 0. The summed E-state index contributed by atoms with van der Waals surface area (Å²) in [6.45, 7) is 8.74. The minimum Gasteiger partial charge on any atom is -0.378 e. The fraction of sp³-hybridized carbons (Fsp3) is 0.929. The lowest BCUT2D eigenvalue weighted by molar-refractivity contribution is -0.122. The molecule has 0 unspecified atom stereocenters. The lowest BCUT2D eigenvalue weighted by Gasteiger charge is -2.31. The first-order chi connectivity index (χ1) is 9.84. The topological polar surface area (TPSA) is 75.7 Å². The fourth-order valence-corrected chi connectivity index (χ4v) is 3.49. The van der Waals surface area contributed by atoms with Crippen LogP contribution in [0, 0.1) is 5.92 Å². The number of rotatable bonds is 8. The summed E-state index contributed by atoms with van der Waals surface area (Å²) in [5.41, 5.74) is 0. The standard InChI is InChI=1S/C14H28N2O4S/c1-4-20-13-6-9-16(10-7-13)8-5-11-21(18,19)15-14(17)12(2)3/h12-13H,4-11H2,1-3H3,(H,15,17). The molecule has 0 atom stereocenters. The maximum Gasteiger partial charge on any atom is 0.235 e. The number of likely N-dealkylation sites (tertiary alicyclic amines) is 1. The molecular formula is C14H28N2O4S. The second kappa shape index (κ2) is 8.70. The minimum atomic E-state index is -3.50. The van der Waals surface area contributed by atoms with Gasteiger partial charge in [-0.3, -0.25) is 9.52 Å². The molecule has 0 aromatic carbocycles. The van der Waals surface area contributed by atoms with Crippen molar-refractivity contribution >= 4 is 15.9 Å². The van der Waals surface area contributed by atoms with Crippen molar-refractivity contribution in [2.24, 2.45) is 5.92 Å². The second-order valence-corrected chi connectivity index (χ2v) is 7.63. The number of amides is 1. The molecule has 124 valence electrons. The van der Waals surface area contributed by atoms with Crippen LogP contribution in [-0.4, -0.2) is 57.3 Å². The van der Waals surface area contributed by atoms with E-state index in [9.17, 15) is 13.2 Å². The van der Waals surface area contributed by atoms with Crippen LogP contribution in [0.2, 0.25) is 0 Å². The largest absolute Gasteiger partial charge is 0.378 e. The van der Waals surface area contributed by atoms with E-state index >= 15 is 0 Å². The van der Waals surface area contributed by atoms with Crippen molar-refractivity contribution < 1.29 is 17.9 Å². The Morgan fingerprint density at radius 2 is 1.95 bits per heavy atom. The Labute approximate surface area is 128 Å². The highest BCUT2D eigenvalue weighted by Gasteiger charge is 2.20. The summed E-state index contributed by atoms with van der Waals surface area (Å²) < 4.78 is 31.2. The molecule has 0 saturated carbocycles. The highest BCUT2D eigenvalue weighted by molar-refractivity contribution is 7.90. The van der Waals surface area contributed by atoms with Gasteiger partial charge in [-0.05, 0) is 32.7 Å². The van der Waals surface area contributed by atoms with E-state index in [1.165, 1.54) is 0 Å². The molecule has 1 fully saturated rings. The molecule has 1 amide bonds. The van der Waals surface area contributed by atoms with Gasteiger partial charge in [-0.25, -0.2) is 8.42 Å². The molecule has 0 bridgehead atoms. The van der Waals surface area contributed by atoms with Crippen molar-refractivity contribution in [1.82, 2.24) is 9.62 Å². The van der Waals surface area contributed by atoms with Crippen molar-refractivity contribution in [1.29, 1.82) is 0 Å². The lowest BCUT2D eigenvalue weighted by Crippen LogP contribution is -2.39. The SMILES string of the molecule is CCOC1CCN(CCCS(=O)(=O)NC(=O)C(C)C)CC1. The van der Waals surface area contributed by atoms with Crippen LogP contribution in [0.5, 0.6) is 0 Å². The third-order valence-electron chi connectivity index (χ3n) is 3.60. The third kappa shape index (κ3) is 7.24. The van der Waals surface area contributed by atoms with Gasteiger partial charge in [0, 0.05) is 25.6 Å². The quantitative estimate of drug-likeness (QED) is 0.721. The van der Waals surface area contributed by atoms with Gasteiger partial charge in [0.25, 0.3) is 0 Å². The predicted molar refractivity (Wildman–Crippen MR) is 82.5 cm³/mol. The van der Waals surface area contributed by atoms with Gasteiger partial charge >= 0.3 is 0 Å². The normalized spacial score (nSPS) is 18.1. The molecule has 1 heterocycles. The van der Waals surface area contributed by atoms with E-state index in [1.54, 1.807) is 13.8 Å². The highest BCUT2D eigenvalue weighted by Crippen LogP contribution is 2.13. The zero-order valence-corrected chi connectivity index (χ0v) is 14.1. The molecule has 0 spiro atoms. The van der Waals surface area contributed by atoms with Crippen LogP contribution >= 0.6 is 0 Å². The Hall–Kier alpha value is -0.660. The summed E-state index contributed by atoms with van der Waals surface area (Å²) in [4.78, 5) is 13.7. The van der Waals surface area contributed by atoms with Crippen LogP contribution in [-0.2, 0) is 19.6 Å². The molecule has 21 heavy (non-hydrogen) atoms. The average molecular weight is 320 g/mol. The van der Waals surface area contributed by atoms with Gasteiger partial charge in [-0.15, -0.1) is 0 Å². The van der Waals surface area contributed by atoms with E-state index < -0.39 is 15.9 Å². The van der Waals surface area contributed by atoms with E-state index in [2.05, 4.69) is 9.62 Å². The number of hydrogen-bond acceptors (Lipinski definition) is 5. The maximum atomic E-state index is 11.8. The van der Waals surface area contributed by atoms with Gasteiger partial charge in [0.1, 0.15) is 0 Å². The van der Waals surface area contributed by atoms with Crippen LogP contribution in [0.4, 0.5) is 0 Å². The number of piperidine rings is 1. The molecule has 0 aliphatic carbocycles. The van der Waals surface area contributed by atoms with Crippen LogP contribution in [0.3, 0.4) is 0 Å². The van der Waals surface area contributed by atoms with Gasteiger partial charge in [0.15, 0.2) is 0 Å². The Kier molecular flexibility index (Phi) is 7.62. The van der Waals surface area contributed by atoms with E-state index in [4.69, 9.17) is 4.74 Å². The van der Waals surface area contributed by atoms with Crippen molar-refractivity contribution in [3.63, 3.8) is 0 Å². The van der Waals surface area contributed by atoms with Crippen LogP contribution in [0.25, 0.3) is 0 Å². The Morgan fingerprint density at radius 3 is 2.48 bits per heavy atom. The van der Waals surface area contributed by atoms with Crippen molar-refractivity contribution in [3.05, 3.63) is 0 Å². The number of ether oxygens (including phenoxy) is 1. The van der Waals surface area contributed by atoms with Crippen molar-refractivity contribution in [2.75, 3.05) is 32.0 Å². The Balaban J connectivity index is 2.23. The van der Waals surface area contributed by atoms with Crippen LogP contribution < -0.4 is 4.72 Å². The van der Waals surface area contributed by atoms with Gasteiger partial charge in [-0.1, -0.05) is 13.8 Å². The zero-order valence-electron chi connectivity index (χ0n) is 13.3. The average Bonchev–Trinajstić information content (AvgIpc) is 2.40. The number of nitrogens with one attached hydrogen (secondary N) is 1. The van der Waals surface area contributed by atoms with E-state index in [0.717, 1.165) is 39.1 Å². The highest BCUT2D eigenvalue weighted by atomic mass is 32.2. The Morgan fingerprint density at radius 1 is 1.33 bits per heavy atom. The lowest BCUT2D eigenvalue weighted by atomic mass is 10.1. The third-order valence-corrected chi connectivity index (χ3v) is 4.94. The number of sulfonamides is 1. The molecule has 0 radical (unpaired) electrons. The molecule has 1 saturated heterocycles. The molecule has 1 rings (SSSR count). The first kappa shape index (κ1) is 18.4. The smallest absolute Gasteiger partial charge is 0.235 e. The summed E-state index contributed by atoms with van der Waals surface area (Å²) >= 11 is 0. The summed E-state index contributed by atoms with van der Waals surface area (Å²) in [6.07, 6.45) is 2.90. The molecular weight excluding hydrogens is 292 g/mol. The molecule has 1 N–H and O–H groups in total. The molecule has 1 aliphatic rings. The number of carbonyl (C=O) groups excluding carboxylic acids is 1. The monoisotopic (exact) mass is 320 g/mol. The first-order valence-electron chi connectivity index (χ1n) is 7.72. The van der Waals surface area contributed by atoms with Crippen molar-refractivity contribution in [2.45, 2.75) is 46.1 Å². The second-order valence-electron chi connectivity index (χ2n) is 5.79. The van der Waals surface area contributed by atoms with E-state index in [-0.39, 0.29) is 11.7 Å². The summed E-state index contributed by atoms with van der Waals surface area (Å²) in [5, 5.41) is 0. The summed E-state index contributed by atoms with van der Waals surface area (Å²) in [7, 11) is -3.50. The fourth-order valence-electron chi connectivity index (χ4n) is 2.34.